The van der Waals surface area contributed by atoms with Gasteiger partial charge in [0, 0.05) is 26.1 Å². The molecule has 1 unspecified atom stereocenters. The maximum absolute atomic E-state index is 13.9. The van der Waals surface area contributed by atoms with E-state index in [9.17, 15) is 14.0 Å². The summed E-state index contributed by atoms with van der Waals surface area (Å²) in [5.74, 6) is -0.120. The second kappa shape index (κ2) is 8.56. The Kier molecular flexibility index (Phi) is 6.15. The van der Waals surface area contributed by atoms with Gasteiger partial charge in [0.05, 0.1) is 6.20 Å². The van der Waals surface area contributed by atoms with Crippen molar-refractivity contribution in [3.05, 3.63) is 46.7 Å². The molecule has 3 atom stereocenters. The van der Waals surface area contributed by atoms with Crippen LogP contribution >= 0.6 is 11.5 Å². The molecule has 0 radical (unpaired) electrons. The number of hydrogen-bond donors (Lipinski definition) is 1. The highest BCUT2D eigenvalue weighted by Gasteiger charge is 2.33. The number of carbonyl (C=O) groups is 2. The minimum atomic E-state index is -0.272. The molecular formula is C19H23FN4O2S. The lowest BCUT2D eigenvalue weighted by atomic mass is 9.96. The summed E-state index contributed by atoms with van der Waals surface area (Å²) >= 11 is 1.06. The van der Waals surface area contributed by atoms with Crippen LogP contribution in [0.25, 0.3) is 0 Å². The van der Waals surface area contributed by atoms with Gasteiger partial charge in [-0.3, -0.25) is 9.59 Å². The Morgan fingerprint density at radius 2 is 2.15 bits per heavy atom. The summed E-state index contributed by atoms with van der Waals surface area (Å²) in [7, 11) is 0. The number of carbonyl (C=O) groups excluding carboxylic acids is 2. The molecule has 27 heavy (non-hydrogen) atoms. The Labute approximate surface area is 161 Å². The molecule has 0 saturated carbocycles. The number of aromatic nitrogens is 2. The van der Waals surface area contributed by atoms with Crippen LogP contribution < -0.4 is 5.32 Å². The van der Waals surface area contributed by atoms with Crippen molar-refractivity contribution in [3.8, 4) is 0 Å². The number of rotatable bonds is 6. The first-order valence-electron chi connectivity index (χ1n) is 9.03. The van der Waals surface area contributed by atoms with Crippen molar-refractivity contribution in [2.24, 2.45) is 11.8 Å². The molecule has 1 aromatic carbocycles. The largest absolute Gasteiger partial charge is 0.351 e. The SMILES string of the molecule is CC(CC(=O)N1C[C@@H](CNC(=O)c2cnns2)[C@H](C)C1)c1ccccc1F. The van der Waals surface area contributed by atoms with Gasteiger partial charge < -0.3 is 10.2 Å². The molecule has 1 saturated heterocycles. The molecule has 8 heteroatoms. The minimum absolute atomic E-state index is 0.0260. The maximum Gasteiger partial charge on any atom is 0.264 e. The fourth-order valence-electron chi connectivity index (χ4n) is 3.46. The summed E-state index contributed by atoms with van der Waals surface area (Å²) in [5, 5.41) is 6.55. The zero-order valence-corrected chi connectivity index (χ0v) is 16.2. The van der Waals surface area contributed by atoms with E-state index in [4.69, 9.17) is 0 Å². The van der Waals surface area contributed by atoms with E-state index >= 15 is 0 Å². The second-order valence-electron chi connectivity index (χ2n) is 7.15. The molecule has 3 rings (SSSR count). The number of amides is 2. The number of benzene rings is 1. The molecule has 0 spiro atoms. The molecule has 2 aromatic rings. The summed E-state index contributed by atoms with van der Waals surface area (Å²) in [6, 6.07) is 6.59. The highest BCUT2D eigenvalue weighted by molar-refractivity contribution is 7.07. The van der Waals surface area contributed by atoms with E-state index in [1.807, 2.05) is 11.8 Å². The second-order valence-corrected chi connectivity index (χ2v) is 7.94. The number of nitrogens with one attached hydrogen (secondary N) is 1. The van der Waals surface area contributed by atoms with E-state index in [1.165, 1.54) is 12.3 Å². The van der Waals surface area contributed by atoms with Crippen LogP contribution in [0.2, 0.25) is 0 Å². The molecule has 0 aliphatic carbocycles. The monoisotopic (exact) mass is 390 g/mol. The highest BCUT2D eigenvalue weighted by atomic mass is 32.1. The molecule has 0 bridgehead atoms. The fraction of sp³-hybridized carbons (Fsp3) is 0.474. The van der Waals surface area contributed by atoms with Gasteiger partial charge in [0.1, 0.15) is 10.7 Å². The standard InChI is InChI=1S/C19H23FN4O2S/c1-12(15-5-3-4-6-16(15)20)7-18(25)24-10-13(2)14(11-24)8-21-19(26)17-9-22-23-27-17/h3-6,9,12-14H,7-8,10-11H2,1-2H3,(H,21,26)/t12?,13-,14-/m1/s1. The Morgan fingerprint density at radius 3 is 2.85 bits per heavy atom. The predicted octanol–water partition coefficient (Wildman–Crippen LogP) is 2.70. The first kappa shape index (κ1) is 19.4. The summed E-state index contributed by atoms with van der Waals surface area (Å²) in [5.41, 5.74) is 0.570. The Morgan fingerprint density at radius 1 is 1.37 bits per heavy atom. The predicted molar refractivity (Wildman–Crippen MR) is 101 cm³/mol. The van der Waals surface area contributed by atoms with Crippen molar-refractivity contribution in [1.29, 1.82) is 0 Å². The quantitative estimate of drug-likeness (QED) is 0.823. The zero-order valence-electron chi connectivity index (χ0n) is 15.4. The van der Waals surface area contributed by atoms with Gasteiger partial charge in [0.25, 0.3) is 5.91 Å². The number of likely N-dealkylation sites (tertiary alicyclic amines) is 1. The van der Waals surface area contributed by atoms with Gasteiger partial charge in [-0.25, -0.2) is 4.39 Å². The number of hydrogen-bond acceptors (Lipinski definition) is 5. The molecule has 6 nitrogen and oxygen atoms in total. The Hall–Kier alpha value is -2.35. The molecule has 2 amide bonds. The third-order valence-electron chi connectivity index (χ3n) is 5.15. The van der Waals surface area contributed by atoms with Gasteiger partial charge in [0.2, 0.25) is 5.91 Å². The van der Waals surface area contributed by atoms with Gasteiger partial charge in [-0.05, 0) is 40.9 Å². The highest BCUT2D eigenvalue weighted by Crippen LogP contribution is 2.27. The van der Waals surface area contributed by atoms with Gasteiger partial charge in [-0.1, -0.05) is 36.5 Å². The molecule has 1 N–H and O–H groups in total. The van der Waals surface area contributed by atoms with E-state index in [2.05, 4.69) is 21.8 Å². The van der Waals surface area contributed by atoms with Crippen LogP contribution in [0.5, 0.6) is 0 Å². The number of halogens is 1. The lowest BCUT2D eigenvalue weighted by molar-refractivity contribution is -0.130. The molecular weight excluding hydrogens is 367 g/mol. The van der Waals surface area contributed by atoms with Crippen LogP contribution in [0.3, 0.4) is 0 Å². The van der Waals surface area contributed by atoms with Crippen molar-refractivity contribution in [2.45, 2.75) is 26.2 Å². The maximum atomic E-state index is 13.9. The van der Waals surface area contributed by atoms with Crippen LogP contribution in [-0.4, -0.2) is 45.9 Å². The van der Waals surface area contributed by atoms with Crippen LogP contribution in [0.4, 0.5) is 4.39 Å². The van der Waals surface area contributed by atoms with Crippen molar-refractivity contribution >= 4 is 23.3 Å². The van der Waals surface area contributed by atoms with Gasteiger partial charge in [0.15, 0.2) is 0 Å². The first-order valence-corrected chi connectivity index (χ1v) is 9.80. The Bertz CT molecular complexity index is 799. The molecule has 2 heterocycles. The molecule has 1 fully saturated rings. The number of nitrogens with zero attached hydrogens (tertiary/aromatic N) is 3. The van der Waals surface area contributed by atoms with Crippen LogP contribution in [0.15, 0.2) is 30.5 Å². The fourth-order valence-corrected chi connectivity index (χ4v) is 3.89. The summed E-state index contributed by atoms with van der Waals surface area (Å²) < 4.78 is 17.6. The van der Waals surface area contributed by atoms with Gasteiger partial charge in [-0.2, -0.15) is 0 Å². The van der Waals surface area contributed by atoms with Crippen molar-refractivity contribution < 1.29 is 14.0 Å². The average Bonchev–Trinajstić information content (AvgIpc) is 3.30. The summed E-state index contributed by atoms with van der Waals surface area (Å²) in [6.07, 6.45) is 1.72. The van der Waals surface area contributed by atoms with Gasteiger partial charge >= 0.3 is 0 Å². The molecule has 1 aliphatic rings. The van der Waals surface area contributed by atoms with Crippen molar-refractivity contribution in [1.82, 2.24) is 19.8 Å². The van der Waals surface area contributed by atoms with Crippen LogP contribution in [0.1, 0.15) is 41.4 Å². The molecule has 1 aromatic heterocycles. The average molecular weight is 390 g/mol. The normalized spacial score (nSPS) is 20.5. The van der Waals surface area contributed by atoms with E-state index in [0.717, 1.165) is 11.5 Å². The molecule has 144 valence electrons. The van der Waals surface area contributed by atoms with Crippen molar-refractivity contribution in [2.75, 3.05) is 19.6 Å². The smallest absolute Gasteiger partial charge is 0.264 e. The third-order valence-corrected chi connectivity index (χ3v) is 5.81. The summed E-state index contributed by atoms with van der Waals surface area (Å²) in [6.45, 7) is 5.72. The van der Waals surface area contributed by atoms with Gasteiger partial charge in [-0.15, -0.1) is 5.10 Å². The topological polar surface area (TPSA) is 75.2 Å². The lowest BCUT2D eigenvalue weighted by Crippen LogP contribution is -2.33. The first-order chi connectivity index (χ1) is 13.0. The van der Waals surface area contributed by atoms with E-state index < -0.39 is 0 Å². The van der Waals surface area contributed by atoms with Crippen LogP contribution in [0, 0.1) is 17.7 Å². The minimum Gasteiger partial charge on any atom is -0.351 e. The lowest BCUT2D eigenvalue weighted by Gasteiger charge is -2.20. The van der Waals surface area contributed by atoms with Crippen LogP contribution in [-0.2, 0) is 4.79 Å². The summed E-state index contributed by atoms with van der Waals surface area (Å²) in [4.78, 5) is 27.0. The molecule has 1 aliphatic heterocycles. The van der Waals surface area contributed by atoms with E-state index in [1.54, 1.807) is 18.2 Å². The van der Waals surface area contributed by atoms with E-state index in [-0.39, 0.29) is 41.8 Å². The zero-order chi connectivity index (χ0) is 19.4. The Balaban J connectivity index is 1.52. The van der Waals surface area contributed by atoms with Crippen molar-refractivity contribution in [3.63, 3.8) is 0 Å². The third kappa shape index (κ3) is 4.68. The van der Waals surface area contributed by atoms with E-state index in [0.29, 0.717) is 30.1 Å².